The van der Waals surface area contributed by atoms with Crippen molar-refractivity contribution < 1.29 is 13.2 Å². The van der Waals surface area contributed by atoms with E-state index in [-0.39, 0.29) is 16.8 Å². The van der Waals surface area contributed by atoms with Crippen molar-refractivity contribution >= 4 is 21.6 Å². The summed E-state index contributed by atoms with van der Waals surface area (Å²) in [6.07, 6.45) is 3.90. The average Bonchev–Trinajstić information content (AvgIpc) is 3.13. The Morgan fingerprint density at radius 2 is 1.60 bits per heavy atom. The summed E-state index contributed by atoms with van der Waals surface area (Å²) in [5.41, 5.74) is 1.23. The zero-order chi connectivity index (χ0) is 17.9. The molecular formula is C19H22N2O3S. The second-order valence-corrected chi connectivity index (χ2v) is 8.04. The highest BCUT2D eigenvalue weighted by molar-refractivity contribution is 7.89. The number of amides is 1. The van der Waals surface area contributed by atoms with Crippen molar-refractivity contribution in [2.24, 2.45) is 0 Å². The van der Waals surface area contributed by atoms with Crippen molar-refractivity contribution in [1.82, 2.24) is 4.72 Å². The van der Waals surface area contributed by atoms with Crippen LogP contribution in [0.3, 0.4) is 0 Å². The summed E-state index contributed by atoms with van der Waals surface area (Å²) in [4.78, 5) is 14.3. The summed E-state index contributed by atoms with van der Waals surface area (Å²) in [5, 5.41) is 0. The molecule has 5 nitrogen and oxygen atoms in total. The lowest BCUT2D eigenvalue weighted by Crippen LogP contribution is -2.32. The predicted molar refractivity (Wildman–Crippen MR) is 98.2 cm³/mol. The number of nitrogens with zero attached hydrogens (tertiary/aromatic N) is 1. The quantitative estimate of drug-likeness (QED) is 0.893. The van der Waals surface area contributed by atoms with Crippen LogP contribution in [0.15, 0.2) is 59.5 Å². The Balaban J connectivity index is 1.74. The summed E-state index contributed by atoms with van der Waals surface area (Å²) in [5.74, 6) is -0.182. The van der Waals surface area contributed by atoms with Gasteiger partial charge in [0, 0.05) is 24.3 Å². The molecule has 1 aliphatic rings. The van der Waals surface area contributed by atoms with Crippen LogP contribution >= 0.6 is 0 Å². The van der Waals surface area contributed by atoms with Gasteiger partial charge in [-0.3, -0.25) is 4.79 Å². The molecule has 2 aromatic carbocycles. The third kappa shape index (κ3) is 4.08. The number of hydrogen-bond donors (Lipinski definition) is 1. The number of nitrogens with one attached hydrogen (secondary N) is 1. The molecule has 3 rings (SSSR count). The summed E-state index contributed by atoms with van der Waals surface area (Å²) in [6.45, 7) is 0. The molecule has 2 aromatic rings. The van der Waals surface area contributed by atoms with Crippen LogP contribution in [0.1, 0.15) is 36.0 Å². The summed E-state index contributed by atoms with van der Waals surface area (Å²) >= 11 is 0. The van der Waals surface area contributed by atoms with Crippen LogP contribution < -0.4 is 9.62 Å². The van der Waals surface area contributed by atoms with E-state index in [0.717, 1.165) is 31.4 Å². The van der Waals surface area contributed by atoms with Crippen molar-refractivity contribution in [3.8, 4) is 0 Å². The second kappa shape index (κ2) is 7.37. The van der Waals surface area contributed by atoms with E-state index in [1.165, 1.54) is 12.1 Å². The zero-order valence-electron chi connectivity index (χ0n) is 14.2. The number of anilines is 1. The summed E-state index contributed by atoms with van der Waals surface area (Å²) in [7, 11) is -1.84. The van der Waals surface area contributed by atoms with Crippen LogP contribution in [-0.2, 0) is 10.0 Å². The molecule has 0 saturated heterocycles. The number of carbonyl (C=O) groups is 1. The molecular weight excluding hydrogens is 336 g/mol. The van der Waals surface area contributed by atoms with E-state index >= 15 is 0 Å². The molecule has 1 aliphatic carbocycles. The first kappa shape index (κ1) is 17.6. The van der Waals surface area contributed by atoms with E-state index in [4.69, 9.17) is 0 Å². The topological polar surface area (TPSA) is 66.5 Å². The van der Waals surface area contributed by atoms with Gasteiger partial charge in [-0.05, 0) is 49.2 Å². The first-order valence-electron chi connectivity index (χ1n) is 8.43. The fourth-order valence-corrected chi connectivity index (χ4v) is 4.38. The highest BCUT2D eigenvalue weighted by Gasteiger charge is 2.23. The van der Waals surface area contributed by atoms with Crippen LogP contribution in [0.5, 0.6) is 0 Å². The fourth-order valence-electron chi connectivity index (χ4n) is 3.07. The first-order valence-corrected chi connectivity index (χ1v) is 9.91. The maximum atomic E-state index is 12.5. The van der Waals surface area contributed by atoms with Gasteiger partial charge in [-0.2, -0.15) is 0 Å². The molecule has 1 fully saturated rings. The number of hydrogen-bond acceptors (Lipinski definition) is 3. The monoisotopic (exact) mass is 358 g/mol. The molecule has 1 N–H and O–H groups in total. The maximum absolute atomic E-state index is 12.5. The summed E-state index contributed by atoms with van der Waals surface area (Å²) in [6, 6.07) is 15.4. The van der Waals surface area contributed by atoms with Crippen molar-refractivity contribution in [1.29, 1.82) is 0 Å². The lowest BCUT2D eigenvalue weighted by molar-refractivity contribution is 0.0993. The molecule has 132 valence electrons. The molecule has 0 spiro atoms. The molecule has 6 heteroatoms. The zero-order valence-corrected chi connectivity index (χ0v) is 15.0. The largest absolute Gasteiger partial charge is 0.311 e. The Hall–Kier alpha value is -2.18. The number of benzene rings is 2. The minimum absolute atomic E-state index is 0.0236. The smallest absolute Gasteiger partial charge is 0.258 e. The normalized spacial score (nSPS) is 15.2. The maximum Gasteiger partial charge on any atom is 0.258 e. The second-order valence-electron chi connectivity index (χ2n) is 6.33. The van der Waals surface area contributed by atoms with Gasteiger partial charge in [-0.15, -0.1) is 0 Å². The number of sulfonamides is 1. The van der Waals surface area contributed by atoms with Gasteiger partial charge in [0.2, 0.25) is 10.0 Å². The van der Waals surface area contributed by atoms with E-state index in [1.807, 2.05) is 30.3 Å². The highest BCUT2D eigenvalue weighted by atomic mass is 32.2. The number of para-hydroxylation sites is 1. The highest BCUT2D eigenvalue weighted by Crippen LogP contribution is 2.21. The molecule has 0 unspecified atom stereocenters. The summed E-state index contributed by atoms with van der Waals surface area (Å²) < 4.78 is 27.6. The molecule has 0 radical (unpaired) electrons. The van der Waals surface area contributed by atoms with Gasteiger partial charge >= 0.3 is 0 Å². The Labute approximate surface area is 148 Å². The lowest BCUT2D eigenvalue weighted by atomic mass is 10.2. The average molecular weight is 358 g/mol. The first-order chi connectivity index (χ1) is 12.0. The minimum atomic E-state index is -3.53. The van der Waals surface area contributed by atoms with E-state index in [1.54, 1.807) is 24.1 Å². The standard InChI is InChI=1S/C19H22N2O3S/c1-21(17-9-3-2-4-10-17)19(22)15-11-13-18(14-12-15)25(23,24)20-16-7-5-6-8-16/h2-4,9-14,16,20H,5-8H2,1H3. The predicted octanol–water partition coefficient (Wildman–Crippen LogP) is 3.18. The fraction of sp³-hybridized carbons (Fsp3) is 0.316. The van der Waals surface area contributed by atoms with Crippen LogP contribution in [0.25, 0.3) is 0 Å². The van der Waals surface area contributed by atoms with Crippen LogP contribution in [0, 0.1) is 0 Å². The van der Waals surface area contributed by atoms with Gasteiger partial charge in [0.05, 0.1) is 4.90 Å². The number of carbonyl (C=O) groups excluding carboxylic acids is 1. The van der Waals surface area contributed by atoms with Crippen molar-refractivity contribution in [3.05, 3.63) is 60.2 Å². The van der Waals surface area contributed by atoms with Gasteiger partial charge in [-0.25, -0.2) is 13.1 Å². The molecule has 0 bridgehead atoms. The molecule has 1 amide bonds. The van der Waals surface area contributed by atoms with Gasteiger partial charge in [0.1, 0.15) is 0 Å². The SMILES string of the molecule is CN(C(=O)c1ccc(S(=O)(=O)NC2CCCC2)cc1)c1ccccc1. The lowest BCUT2D eigenvalue weighted by Gasteiger charge is -2.17. The van der Waals surface area contributed by atoms with E-state index in [2.05, 4.69) is 4.72 Å². The van der Waals surface area contributed by atoms with Crippen molar-refractivity contribution in [2.45, 2.75) is 36.6 Å². The van der Waals surface area contributed by atoms with Crippen molar-refractivity contribution in [3.63, 3.8) is 0 Å². The third-order valence-electron chi connectivity index (χ3n) is 4.54. The third-order valence-corrected chi connectivity index (χ3v) is 6.07. The Morgan fingerprint density at radius 3 is 2.20 bits per heavy atom. The Bertz CT molecular complexity index is 827. The molecule has 0 heterocycles. The molecule has 0 atom stereocenters. The van der Waals surface area contributed by atoms with Gasteiger partial charge in [0.15, 0.2) is 0 Å². The molecule has 0 aromatic heterocycles. The Kier molecular flexibility index (Phi) is 5.20. The van der Waals surface area contributed by atoms with Crippen molar-refractivity contribution in [2.75, 3.05) is 11.9 Å². The van der Waals surface area contributed by atoms with Crippen LogP contribution in [0.4, 0.5) is 5.69 Å². The van der Waals surface area contributed by atoms with Gasteiger partial charge < -0.3 is 4.90 Å². The van der Waals surface area contributed by atoms with Gasteiger partial charge in [0.25, 0.3) is 5.91 Å². The van der Waals surface area contributed by atoms with Crippen LogP contribution in [-0.4, -0.2) is 27.4 Å². The van der Waals surface area contributed by atoms with E-state index in [0.29, 0.717) is 5.56 Å². The molecule has 0 aliphatic heterocycles. The van der Waals surface area contributed by atoms with Gasteiger partial charge in [-0.1, -0.05) is 31.0 Å². The van der Waals surface area contributed by atoms with E-state index < -0.39 is 10.0 Å². The molecule has 25 heavy (non-hydrogen) atoms. The molecule has 1 saturated carbocycles. The Morgan fingerprint density at radius 1 is 1.00 bits per heavy atom. The van der Waals surface area contributed by atoms with Crippen LogP contribution in [0.2, 0.25) is 0 Å². The number of rotatable bonds is 5. The minimum Gasteiger partial charge on any atom is -0.311 e. The van der Waals surface area contributed by atoms with E-state index in [9.17, 15) is 13.2 Å².